The highest BCUT2D eigenvalue weighted by atomic mass is 28.3. The molecule has 37 heavy (non-hydrogen) atoms. The molecule has 2 aromatic carbocycles. The van der Waals surface area contributed by atoms with Gasteiger partial charge in [0, 0.05) is 21.1 Å². The molecule has 3 aromatic rings. The van der Waals surface area contributed by atoms with Gasteiger partial charge in [-0.05, 0) is 56.0 Å². The van der Waals surface area contributed by atoms with Crippen LogP contribution in [0.1, 0.15) is 62.2 Å². The smallest absolute Gasteiger partial charge is 0.339 e. The fraction of sp³-hybridized carbons (Fsp3) is 0.484. The van der Waals surface area contributed by atoms with Crippen LogP contribution in [0.25, 0.3) is 11.1 Å². The molecule has 0 radical (unpaired) electrons. The van der Waals surface area contributed by atoms with Crippen LogP contribution in [0.2, 0.25) is 25.7 Å². The van der Waals surface area contributed by atoms with Gasteiger partial charge in [-0.1, -0.05) is 75.5 Å². The van der Waals surface area contributed by atoms with Crippen LogP contribution >= 0.6 is 0 Å². The molecule has 0 bridgehead atoms. The topological polar surface area (TPSA) is 44.3 Å². The Morgan fingerprint density at radius 3 is 2.38 bits per heavy atom. The summed E-state index contributed by atoms with van der Waals surface area (Å²) in [4.78, 5) is 12.8. The van der Waals surface area contributed by atoms with Crippen molar-refractivity contribution in [3.8, 4) is 11.1 Å². The Hall–Kier alpha value is -2.70. The van der Waals surface area contributed by atoms with Crippen LogP contribution in [0.5, 0.6) is 0 Å². The van der Waals surface area contributed by atoms with Crippen molar-refractivity contribution in [3.63, 3.8) is 0 Å². The highest BCUT2D eigenvalue weighted by molar-refractivity contribution is 6.76. The molecule has 0 N–H and O–H groups in total. The molecule has 0 saturated heterocycles. The Kier molecular flexibility index (Phi) is 9.91. The number of carbonyl (C=O) groups is 1. The SMILES string of the molecule is CCCCc1c[n+](COCC[Si](C)(C)C)cn1Cc1ccc(-c2ccccc2C(=O)OC(C)(C)C)cc1. The van der Waals surface area contributed by atoms with E-state index in [1.165, 1.54) is 30.1 Å². The maximum Gasteiger partial charge on any atom is 0.339 e. The van der Waals surface area contributed by atoms with E-state index in [-0.39, 0.29) is 5.97 Å². The molecule has 200 valence electrons. The van der Waals surface area contributed by atoms with E-state index in [0.29, 0.717) is 12.3 Å². The lowest BCUT2D eigenvalue weighted by atomic mass is 9.98. The average Bonchev–Trinajstić information content (AvgIpc) is 3.20. The molecule has 0 atom stereocenters. The predicted molar refractivity (Wildman–Crippen MR) is 153 cm³/mol. The van der Waals surface area contributed by atoms with Gasteiger partial charge in [-0.25, -0.2) is 13.9 Å². The molecule has 0 spiro atoms. The third kappa shape index (κ3) is 9.28. The van der Waals surface area contributed by atoms with Gasteiger partial charge in [-0.3, -0.25) is 0 Å². The summed E-state index contributed by atoms with van der Waals surface area (Å²) in [7, 11) is -1.08. The Bertz CT molecular complexity index is 1150. The number of imidazole rings is 1. The molecule has 0 fully saturated rings. The normalized spacial score (nSPS) is 12.1. The summed E-state index contributed by atoms with van der Waals surface area (Å²) in [6.45, 7) is 17.3. The van der Waals surface area contributed by atoms with Gasteiger partial charge in [0.1, 0.15) is 24.0 Å². The number of ether oxygens (including phenoxy) is 2. The van der Waals surface area contributed by atoms with Gasteiger partial charge < -0.3 is 9.47 Å². The summed E-state index contributed by atoms with van der Waals surface area (Å²) >= 11 is 0. The standard InChI is InChI=1S/C31H45N2O3Si/c1-8-9-12-27-22-32(24-35-19-20-37(5,6)7)23-33(27)21-25-15-17-26(18-16-25)28-13-10-11-14-29(28)30(34)36-31(2,3)4/h10-11,13-18,22-23H,8-9,12,19-21,24H2,1-7H3/q+1. The van der Waals surface area contributed by atoms with Crippen LogP contribution in [0.4, 0.5) is 0 Å². The zero-order valence-corrected chi connectivity index (χ0v) is 24.8. The number of rotatable bonds is 12. The lowest BCUT2D eigenvalue weighted by molar-refractivity contribution is -0.732. The molecular weight excluding hydrogens is 476 g/mol. The zero-order valence-electron chi connectivity index (χ0n) is 23.8. The van der Waals surface area contributed by atoms with E-state index in [1.54, 1.807) is 0 Å². The minimum atomic E-state index is -1.08. The number of unbranched alkanes of at least 4 members (excludes halogenated alkanes) is 1. The molecule has 0 amide bonds. The summed E-state index contributed by atoms with van der Waals surface area (Å²) in [6, 6.07) is 17.3. The van der Waals surface area contributed by atoms with Crippen LogP contribution in [0, 0.1) is 0 Å². The van der Waals surface area contributed by atoms with Crippen molar-refractivity contribution in [2.45, 2.75) is 91.5 Å². The summed E-state index contributed by atoms with van der Waals surface area (Å²) in [6.07, 6.45) is 7.80. The van der Waals surface area contributed by atoms with Gasteiger partial charge in [0.25, 0.3) is 0 Å². The van der Waals surface area contributed by atoms with E-state index >= 15 is 0 Å². The number of nitrogens with zero attached hydrogens (tertiary/aromatic N) is 2. The summed E-state index contributed by atoms with van der Waals surface area (Å²) in [5, 5.41) is 0. The first-order valence-electron chi connectivity index (χ1n) is 13.5. The van der Waals surface area contributed by atoms with E-state index in [4.69, 9.17) is 9.47 Å². The number of hydrogen-bond donors (Lipinski definition) is 0. The average molecular weight is 522 g/mol. The molecule has 6 heteroatoms. The quantitative estimate of drug-likeness (QED) is 0.110. The summed E-state index contributed by atoms with van der Waals surface area (Å²) in [5.74, 6) is -0.295. The highest BCUT2D eigenvalue weighted by Crippen LogP contribution is 2.26. The molecule has 0 unspecified atom stereocenters. The number of hydrogen-bond acceptors (Lipinski definition) is 3. The number of benzene rings is 2. The van der Waals surface area contributed by atoms with Gasteiger partial charge in [-0.2, -0.15) is 0 Å². The Morgan fingerprint density at radius 1 is 1.03 bits per heavy atom. The van der Waals surface area contributed by atoms with Crippen LogP contribution in [0.15, 0.2) is 61.1 Å². The number of aryl methyl sites for hydroxylation is 1. The monoisotopic (exact) mass is 521 g/mol. The maximum atomic E-state index is 12.8. The van der Waals surface area contributed by atoms with Crippen molar-refractivity contribution in [1.29, 1.82) is 0 Å². The van der Waals surface area contributed by atoms with Crippen molar-refractivity contribution in [3.05, 3.63) is 77.9 Å². The van der Waals surface area contributed by atoms with Crippen molar-refractivity contribution in [1.82, 2.24) is 4.57 Å². The third-order valence-corrected chi connectivity index (χ3v) is 7.86. The highest BCUT2D eigenvalue weighted by Gasteiger charge is 2.21. The lowest BCUT2D eigenvalue weighted by Gasteiger charge is -2.20. The molecule has 0 aliphatic heterocycles. The number of esters is 1. The van der Waals surface area contributed by atoms with Crippen LogP contribution in [-0.2, 0) is 29.2 Å². The molecular formula is C31H45N2O3Si+. The van der Waals surface area contributed by atoms with E-state index in [9.17, 15) is 4.79 Å². The third-order valence-electron chi connectivity index (χ3n) is 6.16. The molecule has 1 heterocycles. The van der Waals surface area contributed by atoms with E-state index in [0.717, 1.165) is 30.7 Å². The molecule has 0 aliphatic carbocycles. The van der Waals surface area contributed by atoms with E-state index in [1.807, 2.05) is 45.0 Å². The summed E-state index contributed by atoms with van der Waals surface area (Å²) in [5.41, 5.74) is 4.51. The number of carbonyl (C=O) groups excluding carboxylic acids is 1. The van der Waals surface area contributed by atoms with Gasteiger partial charge >= 0.3 is 5.97 Å². The molecule has 3 rings (SSSR count). The first-order chi connectivity index (χ1) is 17.4. The Balaban J connectivity index is 1.74. The van der Waals surface area contributed by atoms with Gasteiger partial charge in [0.15, 0.2) is 6.73 Å². The molecule has 0 aliphatic rings. The second kappa shape index (κ2) is 12.7. The predicted octanol–water partition coefficient (Wildman–Crippen LogP) is 7.10. The number of aromatic nitrogens is 2. The first-order valence-corrected chi connectivity index (χ1v) is 17.2. The van der Waals surface area contributed by atoms with E-state index in [2.05, 4.69) is 72.5 Å². The van der Waals surface area contributed by atoms with E-state index < -0.39 is 13.7 Å². The van der Waals surface area contributed by atoms with Crippen molar-refractivity contribution in [2.24, 2.45) is 0 Å². The van der Waals surface area contributed by atoms with Gasteiger partial charge in [-0.15, -0.1) is 0 Å². The second-order valence-corrected chi connectivity index (χ2v) is 17.7. The Labute approximate surface area is 224 Å². The zero-order chi connectivity index (χ0) is 27.1. The van der Waals surface area contributed by atoms with Gasteiger partial charge in [0.05, 0.1) is 5.56 Å². The van der Waals surface area contributed by atoms with Crippen molar-refractivity contribution >= 4 is 14.0 Å². The fourth-order valence-corrected chi connectivity index (χ4v) is 4.87. The molecule has 0 saturated carbocycles. The lowest BCUT2D eigenvalue weighted by Crippen LogP contribution is -2.33. The summed E-state index contributed by atoms with van der Waals surface area (Å²) < 4.78 is 16.1. The molecule has 1 aromatic heterocycles. The minimum Gasteiger partial charge on any atom is -0.456 e. The minimum absolute atomic E-state index is 0.295. The first kappa shape index (κ1) is 28.9. The van der Waals surface area contributed by atoms with Crippen LogP contribution < -0.4 is 4.57 Å². The van der Waals surface area contributed by atoms with Crippen LogP contribution in [0.3, 0.4) is 0 Å². The largest absolute Gasteiger partial charge is 0.456 e. The van der Waals surface area contributed by atoms with Crippen molar-refractivity contribution < 1.29 is 18.8 Å². The molecule has 5 nitrogen and oxygen atoms in total. The second-order valence-electron chi connectivity index (χ2n) is 12.1. The maximum absolute atomic E-state index is 12.8. The van der Waals surface area contributed by atoms with Crippen molar-refractivity contribution in [2.75, 3.05) is 6.61 Å². The van der Waals surface area contributed by atoms with Crippen LogP contribution in [-0.4, -0.2) is 30.8 Å². The fourth-order valence-electron chi connectivity index (χ4n) is 4.11. The Morgan fingerprint density at radius 2 is 1.73 bits per heavy atom. The van der Waals surface area contributed by atoms with Gasteiger partial charge in [0.2, 0.25) is 6.33 Å².